The highest BCUT2D eigenvalue weighted by molar-refractivity contribution is 9.10. The predicted molar refractivity (Wildman–Crippen MR) is 105 cm³/mol. The number of rotatable bonds is 8. The standard InChI is InChI=1S/C18H17BrN2O8/c1-2-28-11(22)5-6-29-10-4-3-8(19)7-9(10)12-13(17(24)25)15(20)21-16(23)14(12)18(26)27/h3-4,7H,2,5-6H2,1H3,(H,24,25)(H,26,27)(H3,20,21,23). The monoisotopic (exact) mass is 468 g/mol. The summed E-state index contributed by atoms with van der Waals surface area (Å²) in [5.41, 5.74) is 2.80. The summed E-state index contributed by atoms with van der Waals surface area (Å²) in [7, 11) is 0. The lowest BCUT2D eigenvalue weighted by Gasteiger charge is -2.16. The van der Waals surface area contributed by atoms with Crippen molar-refractivity contribution >= 4 is 39.7 Å². The van der Waals surface area contributed by atoms with Crippen molar-refractivity contribution in [2.45, 2.75) is 13.3 Å². The van der Waals surface area contributed by atoms with Gasteiger partial charge in [0.05, 0.1) is 19.6 Å². The van der Waals surface area contributed by atoms with Crippen molar-refractivity contribution in [1.82, 2.24) is 4.98 Å². The molecule has 0 aliphatic rings. The number of carboxylic acids is 2. The molecule has 5 N–H and O–H groups in total. The highest BCUT2D eigenvalue weighted by atomic mass is 79.9. The maximum Gasteiger partial charge on any atom is 0.342 e. The maximum absolute atomic E-state index is 12.2. The van der Waals surface area contributed by atoms with Gasteiger partial charge in [0, 0.05) is 15.6 Å². The van der Waals surface area contributed by atoms with E-state index in [1.165, 1.54) is 12.1 Å². The Morgan fingerprint density at radius 3 is 2.41 bits per heavy atom. The van der Waals surface area contributed by atoms with Crippen LogP contribution in [0.5, 0.6) is 5.75 Å². The molecule has 2 rings (SSSR count). The fourth-order valence-electron chi connectivity index (χ4n) is 2.62. The molecule has 0 amide bonds. The Labute approximate surface area is 172 Å². The third-order valence-electron chi connectivity index (χ3n) is 3.75. The van der Waals surface area contributed by atoms with E-state index < -0.39 is 46.0 Å². The molecule has 0 radical (unpaired) electrons. The van der Waals surface area contributed by atoms with Crippen molar-refractivity contribution in [2.75, 3.05) is 18.9 Å². The number of carboxylic acid groups (broad SMARTS) is 2. The number of hydrogen-bond acceptors (Lipinski definition) is 7. The first-order chi connectivity index (χ1) is 13.7. The predicted octanol–water partition coefficient (Wildman–Crippen LogP) is 2.12. The fourth-order valence-corrected chi connectivity index (χ4v) is 2.98. The van der Waals surface area contributed by atoms with Gasteiger partial charge in [-0.25, -0.2) is 9.59 Å². The summed E-state index contributed by atoms with van der Waals surface area (Å²) in [6.07, 6.45) is -0.0849. The molecule has 154 valence electrons. The van der Waals surface area contributed by atoms with E-state index in [1.807, 2.05) is 4.98 Å². The van der Waals surface area contributed by atoms with Gasteiger partial charge in [0.25, 0.3) is 5.56 Å². The number of carbonyl (C=O) groups is 3. The highest BCUT2D eigenvalue weighted by Gasteiger charge is 2.28. The number of nitrogens with two attached hydrogens (primary N) is 1. The second kappa shape index (κ2) is 9.24. The first-order valence-corrected chi connectivity index (χ1v) is 9.07. The molecule has 1 aromatic heterocycles. The van der Waals surface area contributed by atoms with Gasteiger partial charge in [-0.2, -0.15) is 0 Å². The molecule has 1 heterocycles. The Hall–Kier alpha value is -3.34. The van der Waals surface area contributed by atoms with Gasteiger partial charge in [0.1, 0.15) is 22.7 Å². The summed E-state index contributed by atoms with van der Waals surface area (Å²) in [5, 5.41) is 19.1. The topological polar surface area (TPSA) is 169 Å². The van der Waals surface area contributed by atoms with Crippen LogP contribution in [0.2, 0.25) is 0 Å². The lowest BCUT2D eigenvalue weighted by Crippen LogP contribution is -2.24. The maximum atomic E-state index is 12.2. The van der Waals surface area contributed by atoms with E-state index in [0.717, 1.165) is 0 Å². The molecular formula is C18H17BrN2O8. The lowest BCUT2D eigenvalue weighted by molar-refractivity contribution is -0.143. The minimum absolute atomic E-state index is 0.0100. The largest absolute Gasteiger partial charge is 0.492 e. The van der Waals surface area contributed by atoms with E-state index in [2.05, 4.69) is 15.9 Å². The van der Waals surface area contributed by atoms with Crippen LogP contribution in [0.1, 0.15) is 34.1 Å². The number of hydrogen-bond donors (Lipinski definition) is 4. The van der Waals surface area contributed by atoms with Crippen LogP contribution in [0.25, 0.3) is 11.1 Å². The van der Waals surface area contributed by atoms with Crippen molar-refractivity contribution in [3.05, 3.63) is 44.2 Å². The number of aromatic carboxylic acids is 2. The van der Waals surface area contributed by atoms with Crippen LogP contribution in [0.15, 0.2) is 27.5 Å². The number of carbonyl (C=O) groups excluding carboxylic acids is 1. The minimum atomic E-state index is -1.64. The number of anilines is 1. The van der Waals surface area contributed by atoms with E-state index in [9.17, 15) is 29.4 Å². The van der Waals surface area contributed by atoms with Crippen LogP contribution < -0.4 is 16.0 Å². The molecule has 0 fully saturated rings. The average Bonchev–Trinajstić information content (AvgIpc) is 2.61. The van der Waals surface area contributed by atoms with Gasteiger partial charge < -0.3 is 30.4 Å². The second-order valence-electron chi connectivity index (χ2n) is 5.65. The number of nitrogen functional groups attached to an aromatic ring is 1. The van der Waals surface area contributed by atoms with E-state index in [4.69, 9.17) is 15.2 Å². The molecule has 10 nitrogen and oxygen atoms in total. The molecular weight excluding hydrogens is 452 g/mol. The van der Waals surface area contributed by atoms with Crippen LogP contribution >= 0.6 is 15.9 Å². The third-order valence-corrected chi connectivity index (χ3v) is 4.25. The first kappa shape index (κ1) is 22.0. The van der Waals surface area contributed by atoms with E-state index >= 15 is 0 Å². The molecule has 11 heteroatoms. The number of H-pyrrole nitrogens is 1. The number of halogens is 1. The zero-order chi connectivity index (χ0) is 21.7. The Bertz CT molecular complexity index is 1030. The fraction of sp³-hybridized carbons (Fsp3) is 0.222. The first-order valence-electron chi connectivity index (χ1n) is 8.28. The van der Waals surface area contributed by atoms with Gasteiger partial charge >= 0.3 is 17.9 Å². The number of aromatic amines is 1. The van der Waals surface area contributed by atoms with Gasteiger partial charge in [-0.1, -0.05) is 15.9 Å². The highest BCUT2D eigenvalue weighted by Crippen LogP contribution is 2.37. The third kappa shape index (κ3) is 4.93. The van der Waals surface area contributed by atoms with Gasteiger partial charge in [-0.15, -0.1) is 0 Å². The van der Waals surface area contributed by atoms with Gasteiger partial charge in [-0.3, -0.25) is 9.59 Å². The van der Waals surface area contributed by atoms with Crippen LogP contribution in [-0.4, -0.2) is 46.3 Å². The van der Waals surface area contributed by atoms with Gasteiger partial charge in [0.2, 0.25) is 0 Å². The Morgan fingerprint density at radius 1 is 1.17 bits per heavy atom. The normalized spacial score (nSPS) is 10.4. The van der Waals surface area contributed by atoms with Gasteiger partial charge in [-0.05, 0) is 25.1 Å². The van der Waals surface area contributed by atoms with Crippen LogP contribution in [0, 0.1) is 0 Å². The van der Waals surface area contributed by atoms with E-state index in [-0.39, 0.29) is 30.9 Å². The Morgan fingerprint density at radius 2 is 1.83 bits per heavy atom. The number of benzene rings is 1. The molecule has 0 bridgehead atoms. The number of ether oxygens (including phenoxy) is 2. The molecule has 0 saturated heterocycles. The van der Waals surface area contributed by atoms with Crippen molar-refractivity contribution < 1.29 is 34.1 Å². The van der Waals surface area contributed by atoms with Crippen molar-refractivity contribution in [3.63, 3.8) is 0 Å². The lowest BCUT2D eigenvalue weighted by atomic mass is 9.94. The van der Waals surface area contributed by atoms with Gasteiger partial charge in [0.15, 0.2) is 0 Å². The summed E-state index contributed by atoms with van der Waals surface area (Å²) in [6, 6.07) is 4.41. The Balaban J connectivity index is 2.66. The second-order valence-corrected chi connectivity index (χ2v) is 6.56. The summed E-state index contributed by atoms with van der Waals surface area (Å²) in [5.74, 6) is -4.11. The number of nitrogens with one attached hydrogen (secondary N) is 1. The van der Waals surface area contributed by atoms with Crippen LogP contribution in [0.4, 0.5) is 5.82 Å². The summed E-state index contributed by atoms with van der Waals surface area (Å²) in [6.45, 7) is 1.75. The molecule has 0 aliphatic heterocycles. The quantitative estimate of drug-likeness (QED) is 0.423. The van der Waals surface area contributed by atoms with Crippen molar-refractivity contribution in [3.8, 4) is 16.9 Å². The zero-order valence-corrected chi connectivity index (χ0v) is 16.7. The molecule has 0 saturated carbocycles. The SMILES string of the molecule is CCOC(=O)CCOc1ccc(Br)cc1-c1c(C(=O)O)c(N)[nH]c(=O)c1C(=O)O. The number of aromatic nitrogens is 1. The van der Waals surface area contributed by atoms with Crippen LogP contribution in [0.3, 0.4) is 0 Å². The molecule has 1 aromatic carbocycles. The van der Waals surface area contributed by atoms with Crippen molar-refractivity contribution in [2.24, 2.45) is 0 Å². The molecule has 0 spiro atoms. The van der Waals surface area contributed by atoms with E-state index in [0.29, 0.717) is 4.47 Å². The summed E-state index contributed by atoms with van der Waals surface area (Å²) >= 11 is 3.22. The molecule has 29 heavy (non-hydrogen) atoms. The zero-order valence-electron chi connectivity index (χ0n) is 15.2. The molecule has 0 aliphatic carbocycles. The summed E-state index contributed by atoms with van der Waals surface area (Å²) in [4.78, 5) is 49.2. The van der Waals surface area contributed by atoms with E-state index in [1.54, 1.807) is 13.0 Å². The molecule has 0 atom stereocenters. The van der Waals surface area contributed by atoms with Crippen molar-refractivity contribution in [1.29, 1.82) is 0 Å². The minimum Gasteiger partial charge on any atom is -0.492 e. The number of pyridine rings is 1. The smallest absolute Gasteiger partial charge is 0.342 e. The summed E-state index contributed by atoms with van der Waals surface area (Å²) < 4.78 is 10.8. The molecule has 2 aromatic rings. The number of esters is 1. The Kier molecular flexibility index (Phi) is 6.99. The van der Waals surface area contributed by atoms with Crippen LogP contribution in [-0.2, 0) is 9.53 Å². The average molecular weight is 469 g/mol. The molecule has 0 unspecified atom stereocenters.